The lowest BCUT2D eigenvalue weighted by molar-refractivity contribution is 0.747. The summed E-state index contributed by atoms with van der Waals surface area (Å²) in [6.45, 7) is 0. The van der Waals surface area contributed by atoms with E-state index in [4.69, 9.17) is 12.2 Å². The van der Waals surface area contributed by atoms with Crippen LogP contribution in [0, 0.1) is 4.77 Å². The molecular formula is C11H10N6S. The fourth-order valence-corrected chi connectivity index (χ4v) is 1.73. The second-order valence-electron chi connectivity index (χ2n) is 3.78. The molecule has 7 heteroatoms. The summed E-state index contributed by atoms with van der Waals surface area (Å²) in [6, 6.07) is 9.70. The summed E-state index contributed by atoms with van der Waals surface area (Å²) < 4.78 is 3.79. The highest BCUT2D eigenvalue weighted by molar-refractivity contribution is 7.71. The van der Waals surface area contributed by atoms with E-state index in [0.29, 0.717) is 16.5 Å². The van der Waals surface area contributed by atoms with Crippen molar-refractivity contribution in [2.75, 3.05) is 5.32 Å². The van der Waals surface area contributed by atoms with Gasteiger partial charge in [-0.1, -0.05) is 18.2 Å². The van der Waals surface area contributed by atoms with Crippen LogP contribution in [0.3, 0.4) is 0 Å². The molecule has 0 unspecified atom stereocenters. The summed E-state index contributed by atoms with van der Waals surface area (Å²) in [5, 5.41) is 7.38. The van der Waals surface area contributed by atoms with Crippen molar-refractivity contribution in [3.8, 4) is 0 Å². The van der Waals surface area contributed by atoms with E-state index in [0.717, 1.165) is 5.69 Å². The zero-order valence-corrected chi connectivity index (χ0v) is 10.4. The standard InChI is InChI=1S/C11H10N6S/c1-16-7-12-10-14-9(15-17(10)11(16)18)13-8-5-3-2-4-6-8/h2-7H,1H3,(H,13,15). The van der Waals surface area contributed by atoms with Crippen molar-refractivity contribution in [3.63, 3.8) is 0 Å². The van der Waals surface area contributed by atoms with Crippen molar-refractivity contribution in [2.45, 2.75) is 0 Å². The smallest absolute Gasteiger partial charge is 0.258 e. The van der Waals surface area contributed by atoms with Gasteiger partial charge in [0.05, 0.1) is 0 Å². The summed E-state index contributed by atoms with van der Waals surface area (Å²) in [4.78, 5) is 8.41. The van der Waals surface area contributed by atoms with Crippen molar-refractivity contribution in [2.24, 2.45) is 7.05 Å². The molecule has 0 saturated carbocycles. The van der Waals surface area contributed by atoms with E-state index in [2.05, 4.69) is 20.4 Å². The lowest BCUT2D eigenvalue weighted by Crippen LogP contribution is -2.02. The molecule has 0 atom stereocenters. The maximum Gasteiger partial charge on any atom is 0.258 e. The number of hydrogen-bond acceptors (Lipinski definition) is 5. The van der Waals surface area contributed by atoms with Crippen molar-refractivity contribution in [1.29, 1.82) is 0 Å². The van der Waals surface area contributed by atoms with Crippen LogP contribution >= 0.6 is 12.2 Å². The molecule has 2 heterocycles. The van der Waals surface area contributed by atoms with Gasteiger partial charge in [0.15, 0.2) is 0 Å². The van der Waals surface area contributed by atoms with Crippen LogP contribution in [-0.2, 0) is 7.05 Å². The molecule has 0 saturated heterocycles. The summed E-state index contributed by atoms with van der Waals surface area (Å²) in [7, 11) is 1.82. The first-order chi connectivity index (χ1) is 8.74. The summed E-state index contributed by atoms with van der Waals surface area (Å²) >= 11 is 5.23. The van der Waals surface area contributed by atoms with Crippen molar-refractivity contribution >= 4 is 29.6 Å². The first-order valence-electron chi connectivity index (χ1n) is 5.34. The Bertz CT molecular complexity index is 745. The van der Waals surface area contributed by atoms with Gasteiger partial charge in [-0.2, -0.15) is 9.50 Å². The molecule has 0 bridgehead atoms. The normalized spacial score (nSPS) is 10.7. The molecule has 1 aromatic carbocycles. The van der Waals surface area contributed by atoms with Gasteiger partial charge in [0, 0.05) is 12.7 Å². The average Bonchev–Trinajstić information content (AvgIpc) is 2.79. The number of fused-ring (bicyclic) bond motifs is 1. The van der Waals surface area contributed by atoms with E-state index < -0.39 is 0 Å². The van der Waals surface area contributed by atoms with Gasteiger partial charge >= 0.3 is 0 Å². The number of benzene rings is 1. The number of nitrogens with one attached hydrogen (secondary N) is 1. The molecule has 0 amide bonds. The summed E-state index contributed by atoms with van der Waals surface area (Å²) in [6.07, 6.45) is 1.62. The molecule has 6 nitrogen and oxygen atoms in total. The van der Waals surface area contributed by atoms with Gasteiger partial charge in [-0.25, -0.2) is 4.98 Å². The Kier molecular flexibility index (Phi) is 2.52. The quantitative estimate of drug-likeness (QED) is 0.712. The van der Waals surface area contributed by atoms with Gasteiger partial charge in [0.2, 0.25) is 10.7 Å². The maximum atomic E-state index is 5.23. The lowest BCUT2D eigenvalue weighted by atomic mass is 10.3. The lowest BCUT2D eigenvalue weighted by Gasteiger charge is -1.99. The zero-order chi connectivity index (χ0) is 12.5. The van der Waals surface area contributed by atoms with Gasteiger partial charge in [-0.05, 0) is 24.4 Å². The second-order valence-corrected chi connectivity index (χ2v) is 4.14. The monoisotopic (exact) mass is 258 g/mol. The van der Waals surface area contributed by atoms with Crippen LogP contribution in [-0.4, -0.2) is 24.1 Å². The number of rotatable bonds is 2. The SMILES string of the molecule is Cn1cnc2nc(Nc3ccccc3)nn2c1=S. The zero-order valence-electron chi connectivity index (χ0n) is 9.61. The molecule has 3 rings (SSSR count). The molecule has 0 fully saturated rings. The number of anilines is 2. The Morgan fingerprint density at radius 1 is 1.22 bits per heavy atom. The minimum absolute atomic E-state index is 0.478. The fraction of sp³-hybridized carbons (Fsp3) is 0.0909. The van der Waals surface area contributed by atoms with Crippen molar-refractivity contribution in [3.05, 3.63) is 41.4 Å². The van der Waals surface area contributed by atoms with Gasteiger partial charge in [0.25, 0.3) is 5.78 Å². The number of aryl methyl sites for hydroxylation is 1. The van der Waals surface area contributed by atoms with Crippen LogP contribution in [0.1, 0.15) is 0 Å². The predicted octanol–water partition coefficient (Wildman–Crippen LogP) is 1.94. The Morgan fingerprint density at radius 2 is 2.00 bits per heavy atom. The summed E-state index contributed by atoms with van der Waals surface area (Å²) in [5.41, 5.74) is 0.920. The average molecular weight is 258 g/mol. The van der Waals surface area contributed by atoms with E-state index in [1.807, 2.05) is 37.4 Å². The third-order valence-electron chi connectivity index (χ3n) is 2.45. The van der Waals surface area contributed by atoms with Crippen molar-refractivity contribution < 1.29 is 0 Å². The highest BCUT2D eigenvalue weighted by Crippen LogP contribution is 2.12. The Hall–Kier alpha value is -2.28. The number of para-hydroxylation sites is 1. The Balaban J connectivity index is 2.04. The molecular weight excluding hydrogens is 248 g/mol. The Labute approximate surface area is 108 Å². The predicted molar refractivity (Wildman–Crippen MR) is 70.3 cm³/mol. The number of nitrogens with zero attached hydrogens (tertiary/aromatic N) is 5. The highest BCUT2D eigenvalue weighted by atomic mass is 32.1. The Morgan fingerprint density at radius 3 is 2.78 bits per heavy atom. The van der Waals surface area contributed by atoms with Crippen LogP contribution in [0.5, 0.6) is 0 Å². The molecule has 2 aromatic heterocycles. The van der Waals surface area contributed by atoms with Crippen LogP contribution in [0.15, 0.2) is 36.7 Å². The fourth-order valence-electron chi connectivity index (χ4n) is 1.56. The van der Waals surface area contributed by atoms with E-state index >= 15 is 0 Å². The first-order valence-corrected chi connectivity index (χ1v) is 5.75. The largest absolute Gasteiger partial charge is 0.323 e. The van der Waals surface area contributed by atoms with Crippen LogP contribution in [0.4, 0.5) is 11.6 Å². The number of hydrogen-bond donors (Lipinski definition) is 1. The molecule has 0 radical (unpaired) electrons. The second kappa shape index (κ2) is 4.19. The third kappa shape index (κ3) is 1.84. The maximum absolute atomic E-state index is 5.23. The van der Waals surface area contributed by atoms with Crippen molar-refractivity contribution in [1.82, 2.24) is 24.1 Å². The van der Waals surface area contributed by atoms with E-state index in [1.54, 1.807) is 10.9 Å². The molecule has 0 aliphatic carbocycles. The van der Waals surface area contributed by atoms with Gasteiger partial charge in [0.1, 0.15) is 6.33 Å². The molecule has 1 N–H and O–H groups in total. The van der Waals surface area contributed by atoms with Gasteiger partial charge in [-0.15, -0.1) is 5.10 Å². The third-order valence-corrected chi connectivity index (χ3v) is 2.91. The van der Waals surface area contributed by atoms with E-state index in [9.17, 15) is 0 Å². The van der Waals surface area contributed by atoms with Crippen LogP contribution in [0.25, 0.3) is 5.78 Å². The van der Waals surface area contributed by atoms with Crippen LogP contribution < -0.4 is 5.32 Å². The first kappa shape index (κ1) is 10.8. The molecule has 0 aliphatic rings. The molecule has 18 heavy (non-hydrogen) atoms. The molecule has 90 valence electrons. The summed E-state index contributed by atoms with van der Waals surface area (Å²) in [5.74, 6) is 0.961. The van der Waals surface area contributed by atoms with E-state index in [-0.39, 0.29) is 0 Å². The van der Waals surface area contributed by atoms with Crippen LogP contribution in [0.2, 0.25) is 0 Å². The molecule has 0 spiro atoms. The number of aromatic nitrogens is 5. The molecule has 0 aliphatic heterocycles. The minimum atomic E-state index is 0.478. The topological polar surface area (TPSA) is 60.0 Å². The van der Waals surface area contributed by atoms with Gasteiger partial charge < -0.3 is 9.88 Å². The molecule has 3 aromatic rings. The minimum Gasteiger partial charge on any atom is -0.323 e. The highest BCUT2D eigenvalue weighted by Gasteiger charge is 2.06. The van der Waals surface area contributed by atoms with Gasteiger partial charge in [-0.3, -0.25) is 0 Å². The van der Waals surface area contributed by atoms with E-state index in [1.165, 1.54) is 4.52 Å².